The van der Waals surface area contributed by atoms with Crippen LogP contribution in [0.15, 0.2) is 72.8 Å². The average molecular weight is 749 g/mol. The lowest BCUT2D eigenvalue weighted by atomic mass is 10.0. The van der Waals surface area contributed by atoms with E-state index >= 15 is 0 Å². The first kappa shape index (κ1) is 40.7. The maximum Gasteiger partial charge on any atom is 0.416 e. The number of halogens is 4. The number of para-hydroxylation sites is 1. The predicted molar refractivity (Wildman–Crippen MR) is 190 cm³/mol. The monoisotopic (exact) mass is 748 g/mol. The number of hydrogen-bond acceptors (Lipinski definition) is 10. The molecule has 47 heavy (non-hydrogen) atoms. The van der Waals surface area contributed by atoms with Crippen LogP contribution in [0.25, 0.3) is 0 Å². The second kappa shape index (κ2) is 20.2. The Balaban J connectivity index is 0.000000544. The molecule has 0 radical (unpaired) electrons. The number of nitriles is 1. The van der Waals surface area contributed by atoms with Gasteiger partial charge in [-0.15, -0.1) is 0 Å². The van der Waals surface area contributed by atoms with Gasteiger partial charge in [0.25, 0.3) is 0 Å². The molecule has 1 N–H and O–H groups in total. The van der Waals surface area contributed by atoms with E-state index in [0.29, 0.717) is 17.1 Å². The van der Waals surface area contributed by atoms with Crippen LogP contribution in [0.1, 0.15) is 38.0 Å². The van der Waals surface area contributed by atoms with Crippen molar-refractivity contribution in [1.82, 2.24) is 0 Å². The van der Waals surface area contributed by atoms with Gasteiger partial charge in [0.1, 0.15) is 23.6 Å². The lowest BCUT2D eigenvalue weighted by Gasteiger charge is -2.24. The van der Waals surface area contributed by atoms with Gasteiger partial charge in [-0.25, -0.2) is 4.79 Å². The van der Waals surface area contributed by atoms with Crippen molar-refractivity contribution < 1.29 is 36.5 Å². The van der Waals surface area contributed by atoms with E-state index in [1.165, 1.54) is 0 Å². The van der Waals surface area contributed by atoms with E-state index in [0.717, 1.165) is 35.5 Å². The van der Waals surface area contributed by atoms with Crippen molar-refractivity contribution in [1.29, 1.82) is 5.26 Å². The highest BCUT2D eigenvalue weighted by Gasteiger charge is 2.32. The van der Waals surface area contributed by atoms with E-state index in [2.05, 4.69) is 12.2 Å². The summed E-state index contributed by atoms with van der Waals surface area (Å²) in [6.45, 7) is 5.61. The highest BCUT2D eigenvalue weighted by atomic mass is 35.5. The van der Waals surface area contributed by atoms with Crippen molar-refractivity contribution in [2.24, 2.45) is 5.92 Å². The molecule has 2 atom stereocenters. The van der Waals surface area contributed by atoms with Crippen LogP contribution < -0.4 is 10.1 Å². The molecule has 0 aromatic heterocycles. The van der Waals surface area contributed by atoms with E-state index in [1.54, 1.807) is 75.8 Å². The molecule has 0 saturated carbocycles. The number of nitrogens with zero attached hydrogens (tertiary/aromatic N) is 1. The fourth-order valence-electron chi connectivity index (χ4n) is 3.73. The topological polar surface area (TPSA) is 89.8 Å². The van der Waals surface area contributed by atoms with Gasteiger partial charge >= 0.3 is 12.1 Å². The molecular formula is C32H37ClF3N2O5PS3. The zero-order valence-electron chi connectivity index (χ0n) is 26.5. The van der Waals surface area contributed by atoms with Gasteiger partial charge in [0, 0.05) is 31.3 Å². The molecule has 3 aromatic carbocycles. The highest BCUT2D eigenvalue weighted by molar-refractivity contribution is 8.68. The van der Waals surface area contributed by atoms with Crippen LogP contribution in [0.5, 0.6) is 11.5 Å². The molecule has 0 amide bonds. The normalized spacial score (nSPS) is 12.7. The van der Waals surface area contributed by atoms with Crippen LogP contribution >= 0.6 is 40.4 Å². The molecule has 7 nitrogen and oxygen atoms in total. The first-order valence-corrected chi connectivity index (χ1v) is 20.0. The van der Waals surface area contributed by atoms with Crippen molar-refractivity contribution in [3.63, 3.8) is 0 Å². The summed E-state index contributed by atoms with van der Waals surface area (Å²) < 4.78 is 60.2. The van der Waals surface area contributed by atoms with Crippen LogP contribution in [0, 0.1) is 17.2 Å². The number of rotatable bonds is 15. The zero-order chi connectivity index (χ0) is 35.0. The Kier molecular flexibility index (Phi) is 17.5. The number of hydrogen-bond donors (Lipinski definition) is 1. The van der Waals surface area contributed by atoms with E-state index < -0.39 is 35.5 Å². The zero-order valence-corrected chi connectivity index (χ0v) is 30.6. The Morgan fingerprint density at radius 2 is 1.68 bits per heavy atom. The maximum absolute atomic E-state index is 13.0. The van der Waals surface area contributed by atoms with Gasteiger partial charge in [0.15, 0.2) is 0 Å². The van der Waals surface area contributed by atoms with E-state index in [-0.39, 0.29) is 16.6 Å². The number of benzene rings is 3. The minimum absolute atomic E-state index is 0.141. The third-order valence-corrected chi connectivity index (χ3v) is 13.5. The molecule has 0 heterocycles. The Morgan fingerprint density at radius 1 is 1.02 bits per heavy atom. The van der Waals surface area contributed by atoms with E-state index in [9.17, 15) is 23.2 Å². The molecule has 3 rings (SSSR count). The molecule has 256 valence electrons. The molecule has 2 unspecified atom stereocenters. The fraction of sp³-hybridized carbons (Fsp3) is 0.375. The summed E-state index contributed by atoms with van der Waals surface area (Å²) in [5.74, 6) is 3.27. The lowest BCUT2D eigenvalue weighted by Crippen LogP contribution is -2.36. The van der Waals surface area contributed by atoms with Crippen LogP contribution in [0.3, 0.4) is 0 Å². The summed E-state index contributed by atoms with van der Waals surface area (Å²) in [7, 11) is 3.23. The summed E-state index contributed by atoms with van der Waals surface area (Å²) in [5, 5.41) is 12.3. The van der Waals surface area contributed by atoms with Crippen molar-refractivity contribution in [3.8, 4) is 17.6 Å². The SMILES string of the molecule is CC(C)C(Nc1ccc(C(F)(F)F)cc1Cl)C(=O)OC(C#N)c1cccc(Oc2ccccc2)c1.CCSCCSP(=S)(OC)OC. The summed E-state index contributed by atoms with van der Waals surface area (Å²) in [6.07, 6.45) is -5.77. The van der Waals surface area contributed by atoms with Gasteiger partial charge < -0.3 is 23.8 Å². The van der Waals surface area contributed by atoms with Gasteiger partial charge in [-0.1, -0.05) is 74.1 Å². The molecule has 3 aromatic rings. The van der Waals surface area contributed by atoms with Crippen molar-refractivity contribution in [3.05, 3.63) is 88.9 Å². The molecule has 0 fully saturated rings. The Morgan fingerprint density at radius 3 is 2.23 bits per heavy atom. The molecule has 0 spiro atoms. The third kappa shape index (κ3) is 13.9. The van der Waals surface area contributed by atoms with Gasteiger partial charge in [-0.3, -0.25) is 0 Å². The second-order valence-corrected chi connectivity index (χ2v) is 18.3. The first-order valence-electron chi connectivity index (χ1n) is 14.3. The maximum atomic E-state index is 13.0. The number of carbonyl (C=O) groups is 1. The van der Waals surface area contributed by atoms with Gasteiger partial charge in [-0.05, 0) is 65.9 Å². The van der Waals surface area contributed by atoms with Crippen LogP contribution in [0.2, 0.25) is 5.02 Å². The standard InChI is InChI=1S/C26H22ClF3N2O3.C6H15O2PS3/c1-16(2)24(32-22-12-11-18(14-21(22)27)26(28,29)30)25(33)35-23(15-31)17-7-6-10-20(13-17)34-19-8-4-3-5-9-19;1-4-11-5-6-12-9(10,7-2)8-3/h3-14,16,23-24,32H,1-2H3;4-6H2,1-3H3. The number of carbonyl (C=O) groups excluding carboxylic acids is 1. The molecule has 0 saturated heterocycles. The van der Waals surface area contributed by atoms with Gasteiger partial charge in [0.2, 0.25) is 11.8 Å². The molecule has 0 bridgehead atoms. The third-order valence-electron chi connectivity index (χ3n) is 6.15. The average Bonchev–Trinajstić information content (AvgIpc) is 3.05. The van der Waals surface area contributed by atoms with Crippen molar-refractivity contribution >= 4 is 63.9 Å². The van der Waals surface area contributed by atoms with Crippen molar-refractivity contribution in [2.75, 3.05) is 36.8 Å². The number of thioether (sulfide) groups is 1. The van der Waals surface area contributed by atoms with E-state index in [1.807, 2.05) is 36.0 Å². The molecule has 0 aliphatic heterocycles. The number of esters is 1. The summed E-state index contributed by atoms with van der Waals surface area (Å²) >= 11 is 14.7. The second-order valence-electron chi connectivity index (χ2n) is 9.83. The quantitative estimate of drug-likeness (QED) is 0.0920. The van der Waals surface area contributed by atoms with Crippen molar-refractivity contribution in [2.45, 2.75) is 39.1 Å². The van der Waals surface area contributed by atoms with Crippen LogP contribution in [-0.2, 0) is 36.6 Å². The highest BCUT2D eigenvalue weighted by Crippen LogP contribution is 2.59. The van der Waals surface area contributed by atoms with E-state index in [4.69, 9.17) is 41.9 Å². The molecule has 0 aliphatic carbocycles. The summed E-state index contributed by atoms with van der Waals surface area (Å²) in [4.78, 5) is 13.0. The molecule has 15 heteroatoms. The molecular weight excluding hydrogens is 712 g/mol. The minimum Gasteiger partial charge on any atom is -0.457 e. The molecule has 0 aliphatic rings. The number of ether oxygens (including phenoxy) is 2. The number of alkyl halides is 3. The first-order chi connectivity index (χ1) is 22.3. The van der Waals surface area contributed by atoms with Crippen LogP contribution in [-0.4, -0.2) is 43.5 Å². The lowest BCUT2D eigenvalue weighted by molar-refractivity contribution is -0.149. The fourth-order valence-corrected chi connectivity index (χ4v) is 8.25. The number of anilines is 1. The summed E-state index contributed by atoms with van der Waals surface area (Å²) in [5.41, 5.74) is -2.34. The van der Waals surface area contributed by atoms with Gasteiger partial charge in [0.05, 0.1) is 16.3 Å². The predicted octanol–water partition coefficient (Wildman–Crippen LogP) is 10.4. The Hall–Kier alpha value is -2.43. The Labute approximate surface area is 292 Å². The summed E-state index contributed by atoms with van der Waals surface area (Å²) in [6, 6.07) is 19.4. The number of nitrogens with one attached hydrogen (secondary N) is 1. The van der Waals surface area contributed by atoms with Crippen LogP contribution in [0.4, 0.5) is 18.9 Å². The largest absolute Gasteiger partial charge is 0.457 e. The smallest absolute Gasteiger partial charge is 0.416 e. The van der Waals surface area contributed by atoms with Gasteiger partial charge in [-0.2, -0.15) is 30.2 Å². The Bertz CT molecular complexity index is 1510. The minimum atomic E-state index is -4.54.